The second-order valence-corrected chi connectivity index (χ2v) is 6.79. The van der Waals surface area contributed by atoms with Crippen LogP contribution in [0.1, 0.15) is 17.3 Å². The van der Waals surface area contributed by atoms with Gasteiger partial charge in [0.1, 0.15) is 10.3 Å². The van der Waals surface area contributed by atoms with Crippen LogP contribution in [-0.2, 0) is 4.79 Å². The van der Waals surface area contributed by atoms with Crippen LogP contribution >= 0.6 is 11.3 Å². The van der Waals surface area contributed by atoms with Crippen molar-refractivity contribution in [3.8, 4) is 11.3 Å². The molecule has 1 aromatic carbocycles. The highest BCUT2D eigenvalue weighted by atomic mass is 32.1. The Morgan fingerprint density at radius 1 is 1.12 bits per heavy atom. The molecule has 0 fully saturated rings. The Morgan fingerprint density at radius 2 is 1.85 bits per heavy atom. The van der Waals surface area contributed by atoms with Crippen molar-refractivity contribution in [2.24, 2.45) is 4.99 Å². The number of carbonyl (C=O) groups is 2. The number of hydrogen-bond acceptors (Lipinski definition) is 5. The van der Waals surface area contributed by atoms with Crippen molar-refractivity contribution in [1.82, 2.24) is 14.9 Å². The summed E-state index contributed by atoms with van der Waals surface area (Å²) in [5.74, 6) is -0.461. The normalized spacial score (nSPS) is 11.0. The first-order valence-electron chi connectivity index (χ1n) is 7.83. The number of anilines is 1. The first-order chi connectivity index (χ1) is 12.4. The summed E-state index contributed by atoms with van der Waals surface area (Å²) in [4.78, 5) is 38.3. The summed E-state index contributed by atoms with van der Waals surface area (Å²) in [5, 5.41) is 3.19. The van der Waals surface area contributed by atoms with Gasteiger partial charge in [0.15, 0.2) is 5.13 Å². The Labute approximate surface area is 154 Å². The lowest BCUT2D eigenvalue weighted by molar-refractivity contribution is -0.114. The van der Waals surface area contributed by atoms with E-state index in [0.717, 1.165) is 21.6 Å². The number of rotatable bonds is 4. The third kappa shape index (κ3) is 4.09. The minimum Gasteiger partial charge on any atom is -0.369 e. The highest BCUT2D eigenvalue weighted by molar-refractivity contribution is 7.21. The SMILES string of the molecule is CC(=O)Nc1nc2ccc(-c3ccc(C(=O)N=CN(C)C)cc3)nc2s1. The smallest absolute Gasteiger partial charge is 0.278 e. The minimum atomic E-state index is -0.295. The van der Waals surface area contributed by atoms with Crippen molar-refractivity contribution in [3.05, 3.63) is 42.0 Å². The molecular weight excluding hydrogens is 350 g/mol. The molecule has 0 unspecified atom stereocenters. The summed E-state index contributed by atoms with van der Waals surface area (Å²) in [6.07, 6.45) is 1.47. The summed E-state index contributed by atoms with van der Waals surface area (Å²) >= 11 is 1.32. The summed E-state index contributed by atoms with van der Waals surface area (Å²) in [6.45, 7) is 1.44. The number of nitrogens with zero attached hydrogens (tertiary/aromatic N) is 4. The number of nitrogens with one attached hydrogen (secondary N) is 1. The number of pyridine rings is 1. The van der Waals surface area contributed by atoms with Crippen LogP contribution in [-0.4, -0.2) is 47.1 Å². The largest absolute Gasteiger partial charge is 0.369 e. The summed E-state index contributed by atoms with van der Waals surface area (Å²) in [7, 11) is 3.61. The molecule has 0 aliphatic heterocycles. The quantitative estimate of drug-likeness (QED) is 0.566. The van der Waals surface area contributed by atoms with Gasteiger partial charge in [-0.2, -0.15) is 4.99 Å². The second kappa shape index (κ2) is 7.40. The zero-order valence-corrected chi connectivity index (χ0v) is 15.4. The Balaban J connectivity index is 1.84. The highest BCUT2D eigenvalue weighted by Gasteiger charge is 2.09. The van der Waals surface area contributed by atoms with Gasteiger partial charge in [0.05, 0.1) is 12.0 Å². The summed E-state index contributed by atoms with van der Waals surface area (Å²) in [6, 6.07) is 10.9. The molecule has 0 radical (unpaired) electrons. The van der Waals surface area contributed by atoms with Crippen molar-refractivity contribution in [3.63, 3.8) is 0 Å². The number of thiazole rings is 1. The topological polar surface area (TPSA) is 87.5 Å². The van der Waals surface area contributed by atoms with E-state index in [1.807, 2.05) is 24.3 Å². The molecule has 2 amide bonds. The molecule has 0 aliphatic carbocycles. The molecule has 3 aromatic rings. The van der Waals surface area contributed by atoms with Gasteiger partial charge in [0.25, 0.3) is 5.91 Å². The van der Waals surface area contributed by atoms with Crippen LogP contribution in [0, 0.1) is 0 Å². The number of carbonyl (C=O) groups excluding carboxylic acids is 2. The van der Waals surface area contributed by atoms with Gasteiger partial charge in [-0.1, -0.05) is 23.5 Å². The van der Waals surface area contributed by atoms with Gasteiger partial charge in [0.2, 0.25) is 5.91 Å². The maximum Gasteiger partial charge on any atom is 0.278 e. The van der Waals surface area contributed by atoms with Gasteiger partial charge < -0.3 is 10.2 Å². The maximum absolute atomic E-state index is 12.0. The fourth-order valence-corrected chi connectivity index (χ4v) is 3.09. The van der Waals surface area contributed by atoms with E-state index < -0.39 is 0 Å². The van der Waals surface area contributed by atoms with Crippen molar-refractivity contribution in [1.29, 1.82) is 0 Å². The van der Waals surface area contributed by atoms with Gasteiger partial charge in [0, 0.05) is 32.1 Å². The lowest BCUT2D eigenvalue weighted by Gasteiger charge is -2.03. The zero-order valence-electron chi connectivity index (χ0n) is 14.6. The van der Waals surface area contributed by atoms with Crippen molar-refractivity contribution >= 4 is 45.0 Å². The van der Waals surface area contributed by atoms with Gasteiger partial charge >= 0.3 is 0 Å². The van der Waals surface area contributed by atoms with Crippen molar-refractivity contribution in [2.75, 3.05) is 19.4 Å². The average molecular weight is 367 g/mol. The van der Waals surface area contributed by atoms with Crippen LogP contribution in [0.2, 0.25) is 0 Å². The van der Waals surface area contributed by atoms with E-state index in [1.54, 1.807) is 31.1 Å². The van der Waals surface area contributed by atoms with Crippen molar-refractivity contribution < 1.29 is 9.59 Å². The third-order valence-electron chi connectivity index (χ3n) is 3.37. The van der Waals surface area contributed by atoms with Gasteiger partial charge in [-0.15, -0.1) is 0 Å². The monoisotopic (exact) mass is 367 g/mol. The number of fused-ring (bicyclic) bond motifs is 1. The van der Waals surface area contributed by atoms with Gasteiger partial charge in [-0.05, 0) is 24.3 Å². The standard InChI is InChI=1S/C18H17N5O2S/c1-11(24)20-18-22-15-9-8-14(21-17(15)26-18)12-4-6-13(7-5-12)16(25)19-10-23(2)3/h4-10H,1-3H3,(H,20,22,24). The lowest BCUT2D eigenvalue weighted by Crippen LogP contribution is -2.09. The lowest BCUT2D eigenvalue weighted by atomic mass is 10.1. The number of aliphatic imine (C=N–C) groups is 1. The number of benzene rings is 1. The number of amides is 2. The van der Waals surface area contributed by atoms with Crippen LogP contribution in [0.4, 0.5) is 5.13 Å². The molecule has 26 heavy (non-hydrogen) atoms. The number of aromatic nitrogens is 2. The molecule has 8 heteroatoms. The fraction of sp³-hybridized carbons (Fsp3) is 0.167. The predicted octanol–water partition coefficient (Wildman–Crippen LogP) is 3.05. The first kappa shape index (κ1) is 17.7. The maximum atomic E-state index is 12.0. The molecule has 0 aliphatic rings. The van der Waals surface area contributed by atoms with E-state index >= 15 is 0 Å². The average Bonchev–Trinajstić information content (AvgIpc) is 3.00. The van der Waals surface area contributed by atoms with E-state index in [0.29, 0.717) is 10.7 Å². The van der Waals surface area contributed by atoms with Crippen LogP contribution in [0.3, 0.4) is 0 Å². The van der Waals surface area contributed by atoms with Gasteiger partial charge in [-0.3, -0.25) is 9.59 Å². The fourth-order valence-electron chi connectivity index (χ4n) is 2.21. The Hall–Kier alpha value is -3.13. The van der Waals surface area contributed by atoms with Crippen LogP contribution < -0.4 is 5.32 Å². The van der Waals surface area contributed by atoms with E-state index in [2.05, 4.69) is 20.3 Å². The molecular formula is C18H17N5O2S. The van der Waals surface area contributed by atoms with Crippen LogP contribution in [0.15, 0.2) is 41.4 Å². The van der Waals surface area contributed by atoms with Crippen LogP contribution in [0.5, 0.6) is 0 Å². The summed E-state index contributed by atoms with van der Waals surface area (Å²) in [5.41, 5.74) is 2.90. The molecule has 0 bridgehead atoms. The van der Waals surface area contributed by atoms with Gasteiger partial charge in [-0.25, -0.2) is 9.97 Å². The highest BCUT2D eigenvalue weighted by Crippen LogP contribution is 2.27. The molecule has 132 valence electrons. The van der Waals surface area contributed by atoms with Crippen LogP contribution in [0.25, 0.3) is 21.6 Å². The zero-order chi connectivity index (χ0) is 18.7. The minimum absolute atomic E-state index is 0.165. The molecule has 0 atom stereocenters. The molecule has 7 nitrogen and oxygen atoms in total. The molecule has 2 heterocycles. The molecule has 2 aromatic heterocycles. The van der Waals surface area contributed by atoms with Crippen molar-refractivity contribution in [2.45, 2.75) is 6.92 Å². The van der Waals surface area contributed by atoms with E-state index in [-0.39, 0.29) is 11.8 Å². The molecule has 0 saturated heterocycles. The molecule has 3 rings (SSSR count). The Morgan fingerprint density at radius 3 is 2.50 bits per heavy atom. The van der Waals surface area contributed by atoms with E-state index in [1.165, 1.54) is 24.6 Å². The molecule has 1 N–H and O–H groups in total. The Bertz CT molecular complexity index is 992. The Kier molecular flexibility index (Phi) is 5.04. The third-order valence-corrected chi connectivity index (χ3v) is 4.25. The number of hydrogen-bond donors (Lipinski definition) is 1. The second-order valence-electron chi connectivity index (χ2n) is 5.81. The summed E-state index contributed by atoms with van der Waals surface area (Å²) < 4.78 is 0. The van der Waals surface area contributed by atoms with E-state index in [4.69, 9.17) is 0 Å². The molecule has 0 spiro atoms. The van der Waals surface area contributed by atoms with E-state index in [9.17, 15) is 9.59 Å². The molecule has 0 saturated carbocycles. The predicted molar refractivity (Wildman–Crippen MR) is 104 cm³/mol. The first-order valence-corrected chi connectivity index (χ1v) is 8.64.